The average molecular weight is 384 g/mol. The maximum atomic E-state index is 13.2. The minimum Gasteiger partial charge on any atom is -0.341 e. The highest BCUT2D eigenvalue weighted by Gasteiger charge is 2.20. The maximum absolute atomic E-state index is 13.2. The van der Waals surface area contributed by atoms with Crippen molar-refractivity contribution in [3.63, 3.8) is 0 Å². The highest BCUT2D eigenvalue weighted by molar-refractivity contribution is 5.93. The number of nitrogens with zero attached hydrogens (tertiary/aromatic N) is 3. The first-order valence-electron chi connectivity index (χ1n) is 9.54. The zero-order valence-electron chi connectivity index (χ0n) is 15.8. The number of carbonyl (C=O) groups excluding carboxylic acids is 2. The molecule has 0 atom stereocenters. The van der Waals surface area contributed by atoms with Crippen LogP contribution in [0.2, 0.25) is 0 Å². The number of rotatable bonds is 6. The summed E-state index contributed by atoms with van der Waals surface area (Å²) in [5.41, 5.74) is 1.61. The van der Waals surface area contributed by atoms with E-state index >= 15 is 0 Å². The maximum Gasteiger partial charge on any atom is 0.224 e. The summed E-state index contributed by atoms with van der Waals surface area (Å²) in [6, 6.07) is 9.73. The van der Waals surface area contributed by atoms with E-state index in [4.69, 9.17) is 0 Å². The van der Waals surface area contributed by atoms with Crippen molar-refractivity contribution in [3.8, 4) is 0 Å². The molecule has 2 amide bonds. The van der Waals surface area contributed by atoms with Crippen LogP contribution in [0.15, 0.2) is 48.8 Å². The molecular weight excluding hydrogens is 359 g/mol. The van der Waals surface area contributed by atoms with Crippen LogP contribution < -0.4 is 5.32 Å². The van der Waals surface area contributed by atoms with E-state index in [9.17, 15) is 14.0 Å². The molecule has 7 heteroatoms. The summed E-state index contributed by atoms with van der Waals surface area (Å²) in [5, 5.41) is 2.62. The second-order valence-electron chi connectivity index (χ2n) is 6.92. The van der Waals surface area contributed by atoms with Crippen molar-refractivity contribution in [2.75, 3.05) is 31.5 Å². The smallest absolute Gasteiger partial charge is 0.224 e. The average Bonchev–Trinajstić information content (AvgIpc) is 2.93. The van der Waals surface area contributed by atoms with E-state index in [1.165, 1.54) is 23.8 Å². The third-order valence-electron chi connectivity index (χ3n) is 4.77. The van der Waals surface area contributed by atoms with Gasteiger partial charge in [0.05, 0.1) is 0 Å². The number of anilines is 1. The standard InChI is InChI=1S/C21H25FN4O2/c22-18-3-1-4-19(15-18)24-20(27)5-6-21(28)26-12-2-11-25(13-14-26)16-17-7-9-23-10-8-17/h1,3-4,7-10,15H,2,5-6,11-14,16H2,(H,24,27). The Hall–Kier alpha value is -2.80. The lowest BCUT2D eigenvalue weighted by molar-refractivity contribution is -0.132. The van der Waals surface area contributed by atoms with E-state index in [2.05, 4.69) is 15.2 Å². The topological polar surface area (TPSA) is 65.5 Å². The minimum absolute atomic E-state index is 0.0137. The molecule has 1 aliphatic rings. The third kappa shape index (κ3) is 6.13. The van der Waals surface area contributed by atoms with Gasteiger partial charge in [-0.2, -0.15) is 0 Å². The first-order valence-corrected chi connectivity index (χ1v) is 9.54. The number of amides is 2. The molecule has 6 nitrogen and oxygen atoms in total. The van der Waals surface area contributed by atoms with Crippen LogP contribution in [-0.4, -0.2) is 52.8 Å². The number of nitrogens with one attached hydrogen (secondary N) is 1. The summed E-state index contributed by atoms with van der Waals surface area (Å²) in [6.07, 6.45) is 4.74. The van der Waals surface area contributed by atoms with Gasteiger partial charge in [0.25, 0.3) is 0 Å². The summed E-state index contributed by atoms with van der Waals surface area (Å²) in [6.45, 7) is 3.96. The number of halogens is 1. The zero-order valence-corrected chi connectivity index (χ0v) is 15.8. The van der Waals surface area contributed by atoms with Gasteiger partial charge in [0.15, 0.2) is 0 Å². The molecule has 0 aliphatic carbocycles. The van der Waals surface area contributed by atoms with Crippen molar-refractivity contribution in [2.45, 2.75) is 25.8 Å². The number of benzene rings is 1. The fourth-order valence-corrected chi connectivity index (χ4v) is 3.29. The Morgan fingerprint density at radius 3 is 2.64 bits per heavy atom. The molecule has 0 radical (unpaired) electrons. The molecule has 0 saturated carbocycles. The van der Waals surface area contributed by atoms with E-state index in [0.29, 0.717) is 18.8 Å². The molecule has 2 aromatic rings. The largest absolute Gasteiger partial charge is 0.341 e. The predicted molar refractivity (Wildman–Crippen MR) is 105 cm³/mol. The fraction of sp³-hybridized carbons (Fsp3) is 0.381. The molecule has 1 aromatic carbocycles. The molecule has 3 rings (SSSR count). The van der Waals surface area contributed by atoms with Crippen LogP contribution in [0.3, 0.4) is 0 Å². The molecule has 148 valence electrons. The molecule has 1 saturated heterocycles. The normalized spacial score (nSPS) is 15.1. The summed E-state index contributed by atoms with van der Waals surface area (Å²) < 4.78 is 13.2. The van der Waals surface area contributed by atoms with Crippen molar-refractivity contribution in [3.05, 3.63) is 60.2 Å². The number of aromatic nitrogens is 1. The van der Waals surface area contributed by atoms with Gasteiger partial charge in [-0.25, -0.2) is 4.39 Å². The molecule has 1 N–H and O–H groups in total. The van der Waals surface area contributed by atoms with E-state index < -0.39 is 5.82 Å². The number of hydrogen-bond donors (Lipinski definition) is 1. The van der Waals surface area contributed by atoms with Crippen LogP contribution >= 0.6 is 0 Å². The first-order chi connectivity index (χ1) is 13.6. The Morgan fingerprint density at radius 1 is 1.04 bits per heavy atom. The highest BCUT2D eigenvalue weighted by Crippen LogP contribution is 2.12. The van der Waals surface area contributed by atoms with Gasteiger partial charge in [-0.05, 0) is 42.3 Å². The van der Waals surface area contributed by atoms with Crippen LogP contribution in [-0.2, 0) is 16.1 Å². The summed E-state index contributed by atoms with van der Waals surface area (Å²) in [7, 11) is 0. The summed E-state index contributed by atoms with van der Waals surface area (Å²) in [4.78, 5) is 32.7. The van der Waals surface area contributed by atoms with Crippen molar-refractivity contribution in [2.24, 2.45) is 0 Å². The van der Waals surface area contributed by atoms with Crippen LogP contribution in [0, 0.1) is 5.82 Å². The Kier molecular flexibility index (Phi) is 7.08. The lowest BCUT2D eigenvalue weighted by Gasteiger charge is -2.22. The van der Waals surface area contributed by atoms with Crippen molar-refractivity contribution >= 4 is 17.5 Å². The SMILES string of the molecule is O=C(CCC(=O)N1CCCN(Cc2ccncc2)CC1)Nc1cccc(F)c1. The van der Waals surface area contributed by atoms with E-state index in [1.54, 1.807) is 18.5 Å². The highest BCUT2D eigenvalue weighted by atomic mass is 19.1. The molecule has 28 heavy (non-hydrogen) atoms. The van der Waals surface area contributed by atoms with Gasteiger partial charge in [-0.15, -0.1) is 0 Å². The lowest BCUT2D eigenvalue weighted by atomic mass is 10.2. The van der Waals surface area contributed by atoms with E-state index in [0.717, 1.165) is 26.1 Å². The quantitative estimate of drug-likeness (QED) is 0.832. The second-order valence-corrected chi connectivity index (χ2v) is 6.92. The molecule has 0 bridgehead atoms. The molecule has 1 aliphatic heterocycles. The monoisotopic (exact) mass is 384 g/mol. The summed E-state index contributed by atoms with van der Waals surface area (Å²) in [5.74, 6) is -0.706. The molecule has 1 aromatic heterocycles. The first kappa shape index (κ1) is 19.9. The number of carbonyl (C=O) groups is 2. The Bertz CT molecular complexity index is 800. The number of pyridine rings is 1. The molecule has 2 heterocycles. The second kappa shape index (κ2) is 9.94. The van der Waals surface area contributed by atoms with Gasteiger partial charge in [0.2, 0.25) is 11.8 Å². The van der Waals surface area contributed by atoms with Gasteiger partial charge < -0.3 is 10.2 Å². The third-order valence-corrected chi connectivity index (χ3v) is 4.77. The molecule has 0 spiro atoms. The predicted octanol–water partition coefficient (Wildman–Crippen LogP) is 2.67. The van der Waals surface area contributed by atoms with E-state index in [-0.39, 0.29) is 24.7 Å². The van der Waals surface area contributed by atoms with Crippen molar-refractivity contribution in [1.82, 2.24) is 14.8 Å². The van der Waals surface area contributed by atoms with Gasteiger partial charge in [0, 0.05) is 63.6 Å². The van der Waals surface area contributed by atoms with Gasteiger partial charge in [-0.1, -0.05) is 6.07 Å². The van der Waals surface area contributed by atoms with Crippen LogP contribution in [0.4, 0.5) is 10.1 Å². The lowest BCUT2D eigenvalue weighted by Crippen LogP contribution is -2.35. The van der Waals surface area contributed by atoms with E-state index in [1.807, 2.05) is 17.0 Å². The fourth-order valence-electron chi connectivity index (χ4n) is 3.29. The Labute approximate surface area is 164 Å². The van der Waals surface area contributed by atoms with Crippen LogP contribution in [0.1, 0.15) is 24.8 Å². The Morgan fingerprint density at radius 2 is 1.86 bits per heavy atom. The van der Waals surface area contributed by atoms with Gasteiger partial charge in [0.1, 0.15) is 5.82 Å². The zero-order chi connectivity index (χ0) is 19.8. The minimum atomic E-state index is -0.408. The van der Waals surface area contributed by atoms with Gasteiger partial charge in [-0.3, -0.25) is 19.5 Å². The Balaban J connectivity index is 1.42. The van der Waals surface area contributed by atoms with Crippen LogP contribution in [0.25, 0.3) is 0 Å². The summed E-state index contributed by atoms with van der Waals surface area (Å²) >= 11 is 0. The number of hydrogen-bond acceptors (Lipinski definition) is 4. The van der Waals surface area contributed by atoms with Gasteiger partial charge >= 0.3 is 0 Å². The molecular formula is C21H25FN4O2. The molecule has 0 unspecified atom stereocenters. The molecule has 1 fully saturated rings. The van der Waals surface area contributed by atoms with Crippen LogP contribution in [0.5, 0.6) is 0 Å². The van der Waals surface area contributed by atoms with Crippen molar-refractivity contribution < 1.29 is 14.0 Å². The van der Waals surface area contributed by atoms with Crippen molar-refractivity contribution in [1.29, 1.82) is 0 Å².